The predicted molar refractivity (Wildman–Crippen MR) is 108 cm³/mol. The molecule has 0 saturated heterocycles. The van der Waals surface area contributed by atoms with Gasteiger partial charge in [-0.3, -0.25) is 4.99 Å². The third-order valence-electron chi connectivity index (χ3n) is 3.99. The van der Waals surface area contributed by atoms with Crippen LogP contribution in [-0.2, 0) is 17.8 Å². The number of benzene rings is 1. The van der Waals surface area contributed by atoms with Crippen LogP contribution in [-0.4, -0.2) is 52.5 Å². The highest BCUT2D eigenvalue weighted by atomic mass is 16.5. The highest BCUT2D eigenvalue weighted by Crippen LogP contribution is 2.24. The molecular weight excluding hydrogens is 360 g/mol. The van der Waals surface area contributed by atoms with E-state index < -0.39 is 0 Å². The maximum atomic E-state index is 5.66. The fourth-order valence-electron chi connectivity index (χ4n) is 2.49. The van der Waals surface area contributed by atoms with Crippen LogP contribution in [0.3, 0.4) is 0 Å². The minimum atomic E-state index is 0.449. The van der Waals surface area contributed by atoms with Gasteiger partial charge in [0.15, 0.2) is 5.96 Å². The second-order valence-electron chi connectivity index (χ2n) is 5.77. The molecule has 0 amide bonds. The summed E-state index contributed by atoms with van der Waals surface area (Å²) in [5.41, 5.74) is 1.93. The predicted octanol–water partition coefficient (Wildman–Crippen LogP) is 1.99. The van der Waals surface area contributed by atoms with Gasteiger partial charge in [-0.15, -0.1) is 0 Å². The summed E-state index contributed by atoms with van der Waals surface area (Å²) in [7, 11) is 6.63. The largest absolute Gasteiger partial charge is 0.497 e. The van der Waals surface area contributed by atoms with E-state index >= 15 is 0 Å². The van der Waals surface area contributed by atoms with Gasteiger partial charge in [0.1, 0.15) is 18.1 Å². The Morgan fingerprint density at radius 2 is 1.79 bits per heavy atom. The zero-order chi connectivity index (χ0) is 20.2. The van der Waals surface area contributed by atoms with E-state index in [9.17, 15) is 0 Å². The third kappa shape index (κ3) is 6.31. The van der Waals surface area contributed by atoms with E-state index in [-0.39, 0.29) is 0 Å². The molecule has 0 bridgehead atoms. The quantitative estimate of drug-likeness (QED) is 0.366. The summed E-state index contributed by atoms with van der Waals surface area (Å²) >= 11 is 0. The number of aromatic nitrogens is 1. The van der Waals surface area contributed by atoms with Crippen LogP contribution in [0.15, 0.2) is 41.5 Å². The average Bonchev–Trinajstić information content (AvgIpc) is 2.74. The number of rotatable bonds is 10. The van der Waals surface area contributed by atoms with Gasteiger partial charge in [-0.2, -0.15) is 0 Å². The van der Waals surface area contributed by atoms with E-state index in [1.807, 2.05) is 30.3 Å². The Hall–Kier alpha value is -3.00. The molecule has 2 aromatic rings. The Bertz CT molecular complexity index is 768. The number of hydrogen-bond acceptors (Lipinski definition) is 6. The van der Waals surface area contributed by atoms with Gasteiger partial charge in [-0.05, 0) is 18.2 Å². The number of ether oxygens (including phenoxy) is 4. The molecule has 0 fully saturated rings. The van der Waals surface area contributed by atoms with Crippen molar-refractivity contribution in [3.63, 3.8) is 0 Å². The van der Waals surface area contributed by atoms with Crippen LogP contribution in [0.4, 0.5) is 0 Å². The minimum absolute atomic E-state index is 0.449. The lowest BCUT2D eigenvalue weighted by molar-refractivity contribution is 0.143. The first-order valence-corrected chi connectivity index (χ1v) is 8.92. The molecule has 1 heterocycles. The summed E-state index contributed by atoms with van der Waals surface area (Å²) in [6.45, 7) is 2.04. The SMILES string of the molecule is CN=C(NCc1ccc(OC)cc1OC)NCc1cccnc1OCCOC. The van der Waals surface area contributed by atoms with Crippen LogP contribution in [0.25, 0.3) is 0 Å². The number of hydrogen-bond donors (Lipinski definition) is 2. The van der Waals surface area contributed by atoms with Gasteiger partial charge in [0.05, 0.1) is 20.8 Å². The molecule has 152 valence electrons. The van der Waals surface area contributed by atoms with Crippen LogP contribution >= 0.6 is 0 Å². The van der Waals surface area contributed by atoms with E-state index in [1.165, 1.54) is 0 Å². The van der Waals surface area contributed by atoms with E-state index in [0.717, 1.165) is 22.6 Å². The normalized spacial score (nSPS) is 11.1. The second-order valence-corrected chi connectivity index (χ2v) is 5.77. The Morgan fingerprint density at radius 3 is 2.46 bits per heavy atom. The number of pyridine rings is 1. The Morgan fingerprint density at radius 1 is 1.00 bits per heavy atom. The third-order valence-corrected chi connectivity index (χ3v) is 3.99. The molecular formula is C20H28N4O4. The first-order chi connectivity index (χ1) is 13.7. The van der Waals surface area contributed by atoms with Gasteiger partial charge in [0.2, 0.25) is 5.88 Å². The highest BCUT2D eigenvalue weighted by Gasteiger charge is 2.08. The van der Waals surface area contributed by atoms with Crippen LogP contribution in [0.1, 0.15) is 11.1 Å². The first kappa shape index (κ1) is 21.3. The van der Waals surface area contributed by atoms with Crippen molar-refractivity contribution in [2.75, 3.05) is 41.6 Å². The van der Waals surface area contributed by atoms with E-state index in [4.69, 9.17) is 18.9 Å². The fraction of sp³-hybridized carbons (Fsp3) is 0.400. The molecule has 0 unspecified atom stereocenters. The van der Waals surface area contributed by atoms with E-state index in [0.29, 0.717) is 38.1 Å². The zero-order valence-electron chi connectivity index (χ0n) is 16.8. The molecule has 8 nitrogen and oxygen atoms in total. The van der Waals surface area contributed by atoms with Crippen molar-refractivity contribution in [2.24, 2.45) is 4.99 Å². The molecule has 1 aromatic heterocycles. The molecule has 0 aliphatic heterocycles. The van der Waals surface area contributed by atoms with Crippen molar-refractivity contribution in [1.82, 2.24) is 15.6 Å². The topological polar surface area (TPSA) is 86.2 Å². The standard InChI is InChI=1S/C20H28N4O4/c1-21-20(23-13-15-7-8-17(26-3)12-18(15)27-4)24-14-16-6-5-9-22-19(16)28-11-10-25-2/h5-9,12H,10-11,13-14H2,1-4H3,(H2,21,23,24). The highest BCUT2D eigenvalue weighted by molar-refractivity contribution is 5.79. The maximum Gasteiger partial charge on any atom is 0.218 e. The molecule has 0 aliphatic rings. The fourth-order valence-corrected chi connectivity index (χ4v) is 2.49. The minimum Gasteiger partial charge on any atom is -0.497 e. The van der Waals surface area contributed by atoms with Crippen LogP contribution in [0, 0.1) is 0 Å². The Kier molecular flexibility index (Phi) is 8.87. The van der Waals surface area contributed by atoms with Crippen LogP contribution in [0.5, 0.6) is 17.4 Å². The van der Waals surface area contributed by atoms with Gasteiger partial charge in [-0.25, -0.2) is 4.98 Å². The molecule has 8 heteroatoms. The van der Waals surface area contributed by atoms with Gasteiger partial charge in [0, 0.05) is 50.6 Å². The van der Waals surface area contributed by atoms with Crippen molar-refractivity contribution >= 4 is 5.96 Å². The molecule has 0 aliphatic carbocycles. The molecule has 0 radical (unpaired) electrons. The first-order valence-electron chi connectivity index (χ1n) is 8.92. The van der Waals surface area contributed by atoms with Gasteiger partial charge < -0.3 is 29.6 Å². The summed E-state index contributed by atoms with van der Waals surface area (Å²) in [6.07, 6.45) is 1.70. The molecule has 1 aromatic carbocycles. The van der Waals surface area contributed by atoms with Crippen molar-refractivity contribution < 1.29 is 18.9 Å². The van der Waals surface area contributed by atoms with Crippen LogP contribution < -0.4 is 24.8 Å². The summed E-state index contributed by atoms with van der Waals surface area (Å²) in [4.78, 5) is 8.54. The molecule has 2 rings (SSSR count). The van der Waals surface area contributed by atoms with Crippen molar-refractivity contribution in [3.8, 4) is 17.4 Å². The molecule has 0 spiro atoms. The van der Waals surface area contributed by atoms with Crippen LogP contribution in [0.2, 0.25) is 0 Å². The Labute approximate surface area is 165 Å². The van der Waals surface area contributed by atoms with Gasteiger partial charge in [-0.1, -0.05) is 6.07 Å². The van der Waals surface area contributed by atoms with Gasteiger partial charge >= 0.3 is 0 Å². The zero-order valence-corrected chi connectivity index (χ0v) is 16.8. The van der Waals surface area contributed by atoms with Crippen molar-refractivity contribution in [3.05, 3.63) is 47.7 Å². The number of methoxy groups -OCH3 is 3. The monoisotopic (exact) mass is 388 g/mol. The molecule has 2 N–H and O–H groups in total. The lowest BCUT2D eigenvalue weighted by atomic mass is 10.2. The smallest absolute Gasteiger partial charge is 0.218 e. The van der Waals surface area contributed by atoms with Gasteiger partial charge in [0.25, 0.3) is 0 Å². The number of guanidine groups is 1. The summed E-state index contributed by atoms with van der Waals surface area (Å²) in [5, 5.41) is 6.55. The molecule has 0 saturated carbocycles. The lowest BCUT2D eigenvalue weighted by Crippen LogP contribution is -2.36. The van der Waals surface area contributed by atoms with E-state index in [1.54, 1.807) is 34.6 Å². The number of nitrogens with one attached hydrogen (secondary N) is 2. The molecule has 28 heavy (non-hydrogen) atoms. The molecule has 0 atom stereocenters. The van der Waals surface area contributed by atoms with E-state index in [2.05, 4.69) is 20.6 Å². The van der Waals surface area contributed by atoms with Crippen molar-refractivity contribution in [1.29, 1.82) is 0 Å². The van der Waals surface area contributed by atoms with Crippen molar-refractivity contribution in [2.45, 2.75) is 13.1 Å². The average molecular weight is 388 g/mol. The second kappa shape index (κ2) is 11.7. The summed E-state index contributed by atoms with van der Waals surface area (Å²) < 4.78 is 21.3. The number of nitrogens with zero attached hydrogens (tertiary/aromatic N) is 2. The maximum absolute atomic E-state index is 5.66. The summed E-state index contributed by atoms with van der Waals surface area (Å²) in [5.74, 6) is 2.74. The number of aliphatic imine (C=N–C) groups is 1. The lowest BCUT2D eigenvalue weighted by Gasteiger charge is -2.15. The summed E-state index contributed by atoms with van der Waals surface area (Å²) in [6, 6.07) is 9.54. The Balaban J connectivity index is 1.94.